The van der Waals surface area contributed by atoms with Crippen molar-refractivity contribution in [2.24, 2.45) is 0 Å². The van der Waals surface area contributed by atoms with Crippen molar-refractivity contribution < 1.29 is 35.5 Å². The monoisotopic (exact) mass is 279 g/mol. The summed E-state index contributed by atoms with van der Waals surface area (Å²) >= 11 is 0. The van der Waals surface area contributed by atoms with Crippen molar-refractivity contribution >= 4 is 0 Å². The van der Waals surface area contributed by atoms with Crippen LogP contribution in [0.2, 0.25) is 0 Å². The lowest BCUT2D eigenvalue weighted by molar-refractivity contribution is -0.275. The van der Waals surface area contributed by atoms with Gasteiger partial charge >= 0.3 is 12.5 Å². The van der Waals surface area contributed by atoms with Gasteiger partial charge in [-0.05, 0) is 0 Å². The van der Waals surface area contributed by atoms with Crippen LogP contribution in [0.5, 0.6) is 5.75 Å². The van der Waals surface area contributed by atoms with Crippen molar-refractivity contribution in [1.29, 1.82) is 0 Å². The molecule has 0 saturated carbocycles. The highest BCUT2D eigenvalue weighted by molar-refractivity contribution is 5.31. The molecule has 0 bridgehead atoms. The van der Waals surface area contributed by atoms with Crippen LogP contribution < -0.4 is 10.2 Å². The van der Waals surface area contributed by atoms with E-state index in [-0.39, 0.29) is 6.20 Å². The van der Waals surface area contributed by atoms with Crippen LogP contribution in [0.25, 0.3) is 0 Å². The van der Waals surface area contributed by atoms with Crippen molar-refractivity contribution in [2.75, 3.05) is 0 Å². The van der Waals surface area contributed by atoms with Crippen LogP contribution in [0.1, 0.15) is 11.3 Å². The summed E-state index contributed by atoms with van der Waals surface area (Å²) in [5.41, 5.74) is -5.02. The molecule has 0 saturated heterocycles. The lowest BCUT2D eigenvalue weighted by Crippen LogP contribution is -2.26. The fraction of sp³-hybridized carbons (Fsp3) is 0.375. The van der Waals surface area contributed by atoms with Gasteiger partial charge in [0.1, 0.15) is 12.4 Å². The van der Waals surface area contributed by atoms with Crippen molar-refractivity contribution in [3.63, 3.8) is 0 Å². The van der Waals surface area contributed by atoms with Gasteiger partial charge in [-0.25, -0.2) is 4.39 Å². The van der Waals surface area contributed by atoms with Crippen molar-refractivity contribution in [1.82, 2.24) is 4.98 Å². The maximum Gasteiger partial charge on any atom is 0.573 e. The number of hydrogen-bond acceptors (Lipinski definition) is 2. The van der Waals surface area contributed by atoms with E-state index >= 15 is 0 Å². The number of aromatic nitrogens is 1. The van der Waals surface area contributed by atoms with E-state index in [1.54, 1.807) is 0 Å². The van der Waals surface area contributed by atoms with Crippen molar-refractivity contribution in [3.05, 3.63) is 27.7 Å². The van der Waals surface area contributed by atoms with Gasteiger partial charge in [0, 0.05) is 6.20 Å². The first-order chi connectivity index (χ1) is 8.06. The van der Waals surface area contributed by atoms with Crippen LogP contribution in [0.15, 0.2) is 11.0 Å². The predicted octanol–water partition coefficient (Wildman–Crippen LogP) is 2.76. The SMILES string of the molecule is O=c1c(OC(F)(F)F)c[nH]c(C(F)(F)F)c1CF. The van der Waals surface area contributed by atoms with Crippen LogP contribution in [0.3, 0.4) is 0 Å². The van der Waals surface area contributed by atoms with Gasteiger partial charge < -0.3 is 9.72 Å². The van der Waals surface area contributed by atoms with E-state index in [4.69, 9.17) is 0 Å². The highest BCUT2D eigenvalue weighted by Gasteiger charge is 2.38. The number of aromatic amines is 1. The molecule has 0 spiro atoms. The lowest BCUT2D eigenvalue weighted by atomic mass is 10.2. The largest absolute Gasteiger partial charge is 0.573 e. The first-order valence-electron chi connectivity index (χ1n) is 4.19. The molecule has 0 fully saturated rings. The molecule has 0 radical (unpaired) electrons. The van der Waals surface area contributed by atoms with Gasteiger partial charge in [-0.1, -0.05) is 0 Å². The molecule has 0 unspecified atom stereocenters. The summed E-state index contributed by atoms with van der Waals surface area (Å²) in [4.78, 5) is 12.5. The minimum atomic E-state index is -5.26. The number of alkyl halides is 7. The van der Waals surface area contributed by atoms with Crippen molar-refractivity contribution in [3.8, 4) is 5.75 Å². The maximum atomic E-state index is 12.3. The number of nitrogens with one attached hydrogen (secondary N) is 1. The fourth-order valence-electron chi connectivity index (χ4n) is 1.13. The number of H-pyrrole nitrogens is 1. The molecule has 0 aromatic carbocycles. The Kier molecular flexibility index (Phi) is 3.58. The zero-order chi connectivity index (χ0) is 14.1. The predicted molar refractivity (Wildman–Crippen MR) is 43.6 cm³/mol. The van der Waals surface area contributed by atoms with Gasteiger partial charge in [0.2, 0.25) is 5.43 Å². The number of ether oxygens (including phenoxy) is 1. The summed E-state index contributed by atoms with van der Waals surface area (Å²) in [5, 5.41) is 0. The Bertz CT molecular complexity index is 488. The third kappa shape index (κ3) is 3.14. The first kappa shape index (κ1) is 14.3. The molecular weight excluding hydrogens is 275 g/mol. The Balaban J connectivity index is 3.35. The fourth-order valence-corrected chi connectivity index (χ4v) is 1.13. The molecule has 0 atom stereocenters. The Morgan fingerprint density at radius 3 is 2.11 bits per heavy atom. The summed E-state index contributed by atoms with van der Waals surface area (Å²) in [6, 6.07) is 0. The molecule has 18 heavy (non-hydrogen) atoms. The second-order valence-corrected chi connectivity index (χ2v) is 3.01. The van der Waals surface area contributed by atoms with Crippen LogP contribution in [-0.2, 0) is 12.9 Å². The smallest absolute Gasteiger partial charge is 0.400 e. The third-order valence-corrected chi connectivity index (χ3v) is 1.79. The van der Waals surface area contributed by atoms with E-state index in [9.17, 15) is 35.5 Å². The Hall–Kier alpha value is -1.74. The van der Waals surface area contributed by atoms with Gasteiger partial charge in [0.25, 0.3) is 0 Å². The Labute approximate surface area is 94.2 Å². The normalized spacial score (nSPS) is 12.6. The average Bonchev–Trinajstić information content (AvgIpc) is 2.17. The molecule has 1 aromatic rings. The quantitative estimate of drug-likeness (QED) is 0.846. The minimum absolute atomic E-state index is 0.0812. The van der Waals surface area contributed by atoms with E-state index in [1.807, 2.05) is 0 Å². The zero-order valence-corrected chi connectivity index (χ0v) is 8.25. The number of rotatable bonds is 2. The molecule has 1 aromatic heterocycles. The Morgan fingerprint density at radius 2 is 1.72 bits per heavy atom. The zero-order valence-electron chi connectivity index (χ0n) is 8.25. The van der Waals surface area contributed by atoms with Gasteiger partial charge in [0.15, 0.2) is 5.75 Å². The summed E-state index contributed by atoms with van der Waals surface area (Å²) in [6.45, 7) is -1.88. The van der Waals surface area contributed by atoms with Gasteiger partial charge in [-0.3, -0.25) is 4.79 Å². The van der Waals surface area contributed by atoms with Crippen LogP contribution >= 0.6 is 0 Å². The molecule has 0 aliphatic carbocycles. The number of halogens is 7. The summed E-state index contributed by atoms with van der Waals surface area (Å²) in [7, 11) is 0. The van der Waals surface area contributed by atoms with E-state index in [1.165, 1.54) is 4.98 Å². The van der Waals surface area contributed by atoms with Gasteiger partial charge in [-0.15, -0.1) is 13.2 Å². The standard InChI is InChI=1S/C8H4F7NO2/c9-1-3-5(17)4(18-8(13,14)15)2-16-6(3)7(10,11)12/h2H,1H2,(H,16,17). The van der Waals surface area contributed by atoms with Gasteiger partial charge in [-0.2, -0.15) is 13.2 Å². The molecule has 102 valence electrons. The van der Waals surface area contributed by atoms with Crippen molar-refractivity contribution in [2.45, 2.75) is 19.2 Å². The summed E-state index contributed by atoms with van der Waals surface area (Å²) < 4.78 is 87.8. The molecule has 1 heterocycles. The third-order valence-electron chi connectivity index (χ3n) is 1.79. The van der Waals surface area contributed by atoms with E-state index in [2.05, 4.69) is 4.74 Å². The highest BCUT2D eigenvalue weighted by atomic mass is 19.4. The molecule has 1 rings (SSSR count). The molecule has 1 N–H and O–H groups in total. The molecule has 0 aliphatic heterocycles. The molecule has 10 heteroatoms. The second-order valence-electron chi connectivity index (χ2n) is 3.01. The molecular formula is C8H4F7NO2. The van der Waals surface area contributed by atoms with Crippen LogP contribution in [-0.4, -0.2) is 11.3 Å². The number of hydrogen-bond donors (Lipinski definition) is 1. The van der Waals surface area contributed by atoms with E-state index < -0.39 is 41.6 Å². The van der Waals surface area contributed by atoms with Crippen LogP contribution in [0, 0.1) is 0 Å². The molecule has 0 aliphatic rings. The topological polar surface area (TPSA) is 42.1 Å². The number of pyridine rings is 1. The average molecular weight is 279 g/mol. The van der Waals surface area contributed by atoms with Crippen LogP contribution in [0.4, 0.5) is 30.7 Å². The van der Waals surface area contributed by atoms with E-state index in [0.29, 0.717) is 0 Å². The molecule has 3 nitrogen and oxygen atoms in total. The highest BCUT2D eigenvalue weighted by Crippen LogP contribution is 2.30. The summed E-state index contributed by atoms with van der Waals surface area (Å²) in [6.07, 6.45) is -10.3. The molecule has 0 amide bonds. The lowest BCUT2D eigenvalue weighted by Gasteiger charge is -2.13. The maximum absolute atomic E-state index is 12.3. The summed E-state index contributed by atoms with van der Waals surface area (Å²) in [5.74, 6) is -1.46. The minimum Gasteiger partial charge on any atom is -0.400 e. The second kappa shape index (κ2) is 4.50. The van der Waals surface area contributed by atoms with E-state index in [0.717, 1.165) is 0 Å². The first-order valence-corrected chi connectivity index (χ1v) is 4.19. The Morgan fingerprint density at radius 1 is 1.17 bits per heavy atom. The van der Waals surface area contributed by atoms with Gasteiger partial charge in [0.05, 0.1) is 5.56 Å².